The van der Waals surface area contributed by atoms with E-state index in [9.17, 15) is 13.2 Å². The van der Waals surface area contributed by atoms with Crippen molar-refractivity contribution in [2.45, 2.75) is 69.2 Å². The van der Waals surface area contributed by atoms with Crippen LogP contribution in [0, 0.1) is 5.41 Å². The van der Waals surface area contributed by atoms with E-state index in [1.165, 1.54) is 42.0 Å². The first-order valence-electron chi connectivity index (χ1n) is 12.3. The van der Waals surface area contributed by atoms with E-state index < -0.39 is 15.4 Å². The van der Waals surface area contributed by atoms with Gasteiger partial charge in [-0.05, 0) is 73.9 Å². The van der Waals surface area contributed by atoms with Crippen LogP contribution in [0.3, 0.4) is 0 Å². The molecule has 1 heterocycles. The molecule has 2 fully saturated rings. The van der Waals surface area contributed by atoms with E-state index in [1.807, 2.05) is 43.3 Å². The predicted octanol–water partition coefficient (Wildman–Crippen LogP) is 4.85. The third-order valence-corrected chi connectivity index (χ3v) is 9.25. The number of hydrogen-bond acceptors (Lipinski definition) is 4. The van der Waals surface area contributed by atoms with Crippen molar-refractivity contribution < 1.29 is 17.9 Å². The van der Waals surface area contributed by atoms with E-state index in [2.05, 4.69) is 5.32 Å². The Bertz CT molecular complexity index is 1090. The molecular formula is C27H36N2O4S. The normalized spacial score (nSPS) is 22.3. The highest BCUT2D eigenvalue weighted by Crippen LogP contribution is 2.35. The second-order valence-corrected chi connectivity index (χ2v) is 11.9. The van der Waals surface area contributed by atoms with Gasteiger partial charge in [0.05, 0.1) is 17.4 Å². The van der Waals surface area contributed by atoms with Crippen LogP contribution < -0.4 is 10.1 Å². The van der Waals surface area contributed by atoms with Crippen molar-refractivity contribution in [1.29, 1.82) is 0 Å². The zero-order valence-electron chi connectivity index (χ0n) is 20.3. The zero-order valence-corrected chi connectivity index (χ0v) is 21.1. The molecule has 1 saturated heterocycles. The highest BCUT2D eigenvalue weighted by molar-refractivity contribution is 7.89. The highest BCUT2D eigenvalue weighted by atomic mass is 32.2. The van der Waals surface area contributed by atoms with Crippen LogP contribution in [0.2, 0.25) is 0 Å². The summed E-state index contributed by atoms with van der Waals surface area (Å²) in [5.41, 5.74) is 1.40. The maximum Gasteiger partial charge on any atom is 0.243 e. The molecule has 2 aromatic rings. The molecule has 4 rings (SSSR count). The molecule has 1 unspecified atom stereocenters. The third-order valence-electron chi connectivity index (χ3n) is 7.39. The van der Waals surface area contributed by atoms with Crippen LogP contribution in [0.4, 0.5) is 0 Å². The fourth-order valence-electron chi connectivity index (χ4n) is 5.26. The number of amides is 1. The Morgan fingerprint density at radius 2 is 1.82 bits per heavy atom. The molecule has 1 aliphatic heterocycles. The number of ether oxygens (including phenoxy) is 1. The zero-order chi connectivity index (χ0) is 24.2. The van der Waals surface area contributed by atoms with Gasteiger partial charge < -0.3 is 10.1 Å². The Balaban J connectivity index is 1.42. The molecule has 0 bridgehead atoms. The van der Waals surface area contributed by atoms with Crippen molar-refractivity contribution in [3.63, 3.8) is 0 Å². The van der Waals surface area contributed by atoms with E-state index in [0.717, 1.165) is 11.3 Å². The van der Waals surface area contributed by atoms with Gasteiger partial charge in [-0.1, -0.05) is 43.5 Å². The number of methoxy groups -OCH3 is 1. The van der Waals surface area contributed by atoms with Crippen molar-refractivity contribution in [3.8, 4) is 5.75 Å². The summed E-state index contributed by atoms with van der Waals surface area (Å²) in [6.45, 7) is 2.86. The first-order valence-corrected chi connectivity index (χ1v) is 13.8. The standard InChI is InChI=1S/C27H36N2O4S/c1-27(26(30)28-19-21-8-6-11-24(18-21)33-2)16-7-17-29(20-27)34(31,32)25-14-12-23(13-15-25)22-9-4-3-5-10-22/h6,8,11-15,18,22H,3-5,7,9-10,16-17,19-20H2,1-2H3,(H,28,30). The minimum absolute atomic E-state index is 0.122. The summed E-state index contributed by atoms with van der Waals surface area (Å²) in [6.07, 6.45) is 7.46. The number of nitrogens with zero attached hydrogens (tertiary/aromatic N) is 1. The van der Waals surface area contributed by atoms with Gasteiger partial charge in [0.2, 0.25) is 15.9 Å². The molecule has 0 aromatic heterocycles. The minimum atomic E-state index is -3.65. The molecule has 0 spiro atoms. The van der Waals surface area contributed by atoms with Gasteiger partial charge in [-0.15, -0.1) is 0 Å². The van der Waals surface area contributed by atoms with E-state index >= 15 is 0 Å². The van der Waals surface area contributed by atoms with Gasteiger partial charge in [0.15, 0.2) is 0 Å². The number of rotatable bonds is 7. The highest BCUT2D eigenvalue weighted by Gasteiger charge is 2.41. The predicted molar refractivity (Wildman–Crippen MR) is 133 cm³/mol. The lowest BCUT2D eigenvalue weighted by Crippen LogP contribution is -2.51. The van der Waals surface area contributed by atoms with Gasteiger partial charge >= 0.3 is 0 Å². The Morgan fingerprint density at radius 3 is 2.53 bits per heavy atom. The maximum atomic E-state index is 13.4. The Hall–Kier alpha value is -2.38. The summed E-state index contributed by atoms with van der Waals surface area (Å²) >= 11 is 0. The minimum Gasteiger partial charge on any atom is -0.497 e. The summed E-state index contributed by atoms with van der Waals surface area (Å²) in [7, 11) is -2.04. The maximum absolute atomic E-state index is 13.4. The Morgan fingerprint density at radius 1 is 1.09 bits per heavy atom. The first-order chi connectivity index (χ1) is 16.3. The molecule has 0 radical (unpaired) electrons. The number of benzene rings is 2. The van der Waals surface area contributed by atoms with Gasteiger partial charge in [-0.3, -0.25) is 4.79 Å². The average Bonchev–Trinajstić information content (AvgIpc) is 2.88. The molecular weight excluding hydrogens is 448 g/mol. The summed E-state index contributed by atoms with van der Waals surface area (Å²) < 4.78 is 33.6. The number of carbonyl (C=O) groups is 1. The first kappa shape index (κ1) is 24.7. The van der Waals surface area contributed by atoms with Gasteiger partial charge in [-0.25, -0.2) is 8.42 Å². The van der Waals surface area contributed by atoms with Crippen molar-refractivity contribution in [2.75, 3.05) is 20.2 Å². The monoisotopic (exact) mass is 484 g/mol. The summed E-state index contributed by atoms with van der Waals surface area (Å²) in [5, 5.41) is 3.00. The lowest BCUT2D eigenvalue weighted by atomic mass is 9.82. The molecule has 7 heteroatoms. The molecule has 34 heavy (non-hydrogen) atoms. The van der Waals surface area contributed by atoms with Crippen LogP contribution >= 0.6 is 0 Å². The number of carbonyl (C=O) groups excluding carboxylic acids is 1. The number of piperidine rings is 1. The van der Waals surface area contributed by atoms with E-state index in [-0.39, 0.29) is 12.5 Å². The molecule has 184 valence electrons. The van der Waals surface area contributed by atoms with Crippen molar-refractivity contribution in [1.82, 2.24) is 9.62 Å². The molecule has 1 amide bonds. The number of hydrogen-bond donors (Lipinski definition) is 1. The summed E-state index contributed by atoms with van der Waals surface area (Å²) in [5.74, 6) is 1.15. The van der Waals surface area contributed by atoms with Crippen molar-refractivity contribution in [3.05, 3.63) is 59.7 Å². The summed E-state index contributed by atoms with van der Waals surface area (Å²) in [6, 6.07) is 15.0. The van der Waals surface area contributed by atoms with Crippen LogP contribution in [-0.2, 0) is 21.4 Å². The Kier molecular flexibility index (Phi) is 7.63. The lowest BCUT2D eigenvalue weighted by molar-refractivity contribution is -0.132. The van der Waals surface area contributed by atoms with Gasteiger partial charge in [0.25, 0.3) is 0 Å². The van der Waals surface area contributed by atoms with Gasteiger partial charge in [0, 0.05) is 19.6 Å². The van der Waals surface area contributed by atoms with Crippen LogP contribution in [-0.4, -0.2) is 38.8 Å². The average molecular weight is 485 g/mol. The van der Waals surface area contributed by atoms with Crippen molar-refractivity contribution >= 4 is 15.9 Å². The lowest BCUT2D eigenvalue weighted by Gasteiger charge is -2.38. The Labute approximate surface area is 203 Å². The molecule has 1 aliphatic carbocycles. The summed E-state index contributed by atoms with van der Waals surface area (Å²) in [4.78, 5) is 13.4. The van der Waals surface area contributed by atoms with Crippen LogP contribution in [0.1, 0.15) is 68.9 Å². The third kappa shape index (κ3) is 5.47. The second kappa shape index (κ2) is 10.5. The van der Waals surface area contributed by atoms with Crippen LogP contribution in [0.15, 0.2) is 53.4 Å². The smallest absolute Gasteiger partial charge is 0.243 e. The quantitative estimate of drug-likeness (QED) is 0.610. The fraction of sp³-hybridized carbons (Fsp3) is 0.519. The molecule has 1 atom stereocenters. The fourth-order valence-corrected chi connectivity index (χ4v) is 6.86. The number of nitrogens with one attached hydrogen (secondary N) is 1. The molecule has 1 saturated carbocycles. The SMILES string of the molecule is COc1cccc(CNC(=O)C2(C)CCCN(S(=O)(=O)c3ccc(C4CCCCC4)cc3)C2)c1. The van der Waals surface area contributed by atoms with Crippen LogP contribution in [0.5, 0.6) is 5.75 Å². The molecule has 6 nitrogen and oxygen atoms in total. The largest absolute Gasteiger partial charge is 0.497 e. The second-order valence-electron chi connectivity index (χ2n) is 9.94. The van der Waals surface area contributed by atoms with Gasteiger partial charge in [0.1, 0.15) is 5.75 Å². The molecule has 2 aromatic carbocycles. The van der Waals surface area contributed by atoms with Crippen molar-refractivity contribution in [2.24, 2.45) is 5.41 Å². The van der Waals surface area contributed by atoms with E-state index in [1.54, 1.807) is 19.2 Å². The van der Waals surface area contributed by atoms with E-state index in [0.29, 0.717) is 36.7 Å². The topological polar surface area (TPSA) is 75.7 Å². The molecule has 1 N–H and O–H groups in total. The number of sulfonamides is 1. The van der Waals surface area contributed by atoms with E-state index in [4.69, 9.17) is 4.74 Å². The van der Waals surface area contributed by atoms with Gasteiger partial charge in [-0.2, -0.15) is 4.31 Å². The van der Waals surface area contributed by atoms with Crippen LogP contribution in [0.25, 0.3) is 0 Å². The molecule has 2 aliphatic rings.